The molecular formula is C13H16N2OS. The number of thiophene rings is 1. The number of hydrogen-bond acceptors (Lipinski definition) is 3. The molecule has 2 rings (SSSR count). The molecule has 4 heteroatoms. The summed E-state index contributed by atoms with van der Waals surface area (Å²) in [4.78, 5) is 15.8. The Balaban J connectivity index is 1.99. The number of nitrogens with zero attached hydrogens (tertiary/aromatic N) is 1. The van der Waals surface area contributed by atoms with Crippen molar-refractivity contribution in [1.82, 2.24) is 4.90 Å². The van der Waals surface area contributed by atoms with Crippen LogP contribution in [-0.2, 0) is 11.3 Å². The molecule has 1 aliphatic rings. The molecule has 0 spiro atoms. The van der Waals surface area contributed by atoms with Gasteiger partial charge in [0.2, 0.25) is 5.91 Å². The van der Waals surface area contributed by atoms with Crippen LogP contribution in [0.1, 0.15) is 23.1 Å². The minimum absolute atomic E-state index is 0.264. The molecule has 1 aromatic rings. The molecule has 3 nitrogen and oxygen atoms in total. The number of carbonyl (C=O) groups excluding carboxylic acids is 1. The lowest BCUT2D eigenvalue weighted by Crippen LogP contribution is -2.23. The maximum Gasteiger partial charge on any atom is 0.223 e. The average molecular weight is 248 g/mol. The van der Waals surface area contributed by atoms with Crippen LogP contribution in [0.25, 0.3) is 0 Å². The van der Waals surface area contributed by atoms with E-state index in [-0.39, 0.29) is 5.91 Å². The zero-order chi connectivity index (χ0) is 12.3. The SMILES string of the molecule is CC1CC(=O)N(Cc2ccc(C#CCN)s2)C1. The van der Waals surface area contributed by atoms with Crippen LogP contribution in [0.3, 0.4) is 0 Å². The van der Waals surface area contributed by atoms with E-state index >= 15 is 0 Å². The molecule has 0 radical (unpaired) electrons. The third-order valence-electron chi connectivity index (χ3n) is 2.73. The van der Waals surface area contributed by atoms with E-state index in [0.29, 0.717) is 18.9 Å². The highest BCUT2D eigenvalue weighted by Gasteiger charge is 2.26. The van der Waals surface area contributed by atoms with Crippen molar-refractivity contribution in [3.05, 3.63) is 21.9 Å². The van der Waals surface area contributed by atoms with Crippen molar-refractivity contribution in [1.29, 1.82) is 0 Å². The lowest BCUT2D eigenvalue weighted by atomic mass is 10.2. The minimum atomic E-state index is 0.264. The first kappa shape index (κ1) is 12.2. The molecular weight excluding hydrogens is 232 g/mol. The number of rotatable bonds is 2. The first-order valence-electron chi connectivity index (χ1n) is 5.74. The van der Waals surface area contributed by atoms with Crippen molar-refractivity contribution < 1.29 is 4.79 Å². The monoisotopic (exact) mass is 248 g/mol. The van der Waals surface area contributed by atoms with Gasteiger partial charge in [-0.1, -0.05) is 18.8 Å². The van der Waals surface area contributed by atoms with Crippen molar-refractivity contribution in [3.63, 3.8) is 0 Å². The topological polar surface area (TPSA) is 46.3 Å². The Labute approximate surface area is 106 Å². The molecule has 90 valence electrons. The van der Waals surface area contributed by atoms with Crippen LogP contribution in [0.5, 0.6) is 0 Å². The second-order valence-corrected chi connectivity index (χ2v) is 5.52. The first-order chi connectivity index (χ1) is 8.19. The summed E-state index contributed by atoms with van der Waals surface area (Å²) >= 11 is 1.64. The zero-order valence-electron chi connectivity index (χ0n) is 9.90. The molecule has 0 bridgehead atoms. The Hall–Kier alpha value is -1.31. The fraction of sp³-hybridized carbons (Fsp3) is 0.462. The van der Waals surface area contributed by atoms with Crippen LogP contribution in [-0.4, -0.2) is 23.9 Å². The van der Waals surface area contributed by atoms with Gasteiger partial charge in [-0.2, -0.15) is 0 Å². The summed E-state index contributed by atoms with van der Waals surface area (Å²) in [6, 6.07) is 4.04. The highest BCUT2D eigenvalue weighted by Crippen LogP contribution is 2.23. The average Bonchev–Trinajstić information content (AvgIpc) is 2.84. The Bertz CT molecular complexity index is 469. The lowest BCUT2D eigenvalue weighted by Gasteiger charge is -2.14. The molecule has 2 heterocycles. The molecule has 0 saturated carbocycles. The molecule has 1 saturated heterocycles. The summed E-state index contributed by atoms with van der Waals surface area (Å²) in [7, 11) is 0. The van der Waals surface area contributed by atoms with Gasteiger partial charge in [0, 0.05) is 17.8 Å². The largest absolute Gasteiger partial charge is 0.337 e. The maximum absolute atomic E-state index is 11.7. The number of hydrogen-bond donors (Lipinski definition) is 1. The third kappa shape index (κ3) is 3.09. The summed E-state index contributed by atoms with van der Waals surface area (Å²) in [6.07, 6.45) is 0.686. The molecule has 1 amide bonds. The van der Waals surface area contributed by atoms with Crippen LogP contribution in [0.2, 0.25) is 0 Å². The van der Waals surface area contributed by atoms with Crippen LogP contribution in [0.15, 0.2) is 12.1 Å². The van der Waals surface area contributed by atoms with Gasteiger partial charge in [0.15, 0.2) is 0 Å². The molecule has 1 aliphatic heterocycles. The molecule has 1 atom stereocenters. The summed E-state index contributed by atoms with van der Waals surface area (Å²) in [5.74, 6) is 6.59. The van der Waals surface area contributed by atoms with Crippen LogP contribution >= 0.6 is 11.3 Å². The summed E-state index contributed by atoms with van der Waals surface area (Å²) in [5, 5.41) is 0. The number of likely N-dealkylation sites (tertiary alicyclic amines) is 1. The van der Waals surface area contributed by atoms with E-state index in [9.17, 15) is 4.79 Å². The van der Waals surface area contributed by atoms with E-state index in [1.54, 1.807) is 11.3 Å². The predicted octanol–water partition coefficient (Wildman–Crippen LogP) is 1.43. The summed E-state index contributed by atoms with van der Waals surface area (Å²) in [5.41, 5.74) is 5.33. The highest BCUT2D eigenvalue weighted by molar-refractivity contribution is 7.12. The minimum Gasteiger partial charge on any atom is -0.337 e. The Morgan fingerprint density at radius 1 is 1.59 bits per heavy atom. The number of carbonyl (C=O) groups is 1. The van der Waals surface area contributed by atoms with E-state index in [2.05, 4.69) is 18.8 Å². The molecule has 0 aliphatic carbocycles. The van der Waals surface area contributed by atoms with Gasteiger partial charge in [0.05, 0.1) is 18.0 Å². The molecule has 1 unspecified atom stereocenters. The van der Waals surface area contributed by atoms with Gasteiger partial charge in [-0.25, -0.2) is 0 Å². The van der Waals surface area contributed by atoms with Crippen molar-refractivity contribution in [2.45, 2.75) is 19.9 Å². The van der Waals surface area contributed by atoms with Gasteiger partial charge in [0.1, 0.15) is 0 Å². The van der Waals surface area contributed by atoms with E-state index in [1.807, 2.05) is 17.0 Å². The normalized spacial score (nSPS) is 19.3. The predicted molar refractivity (Wildman–Crippen MR) is 69.4 cm³/mol. The fourth-order valence-corrected chi connectivity index (χ4v) is 2.88. The van der Waals surface area contributed by atoms with Crippen molar-refractivity contribution in [3.8, 4) is 11.8 Å². The van der Waals surface area contributed by atoms with E-state index < -0.39 is 0 Å². The highest BCUT2D eigenvalue weighted by atomic mass is 32.1. The van der Waals surface area contributed by atoms with E-state index in [1.165, 1.54) is 4.88 Å². The van der Waals surface area contributed by atoms with Crippen molar-refractivity contribution >= 4 is 17.2 Å². The smallest absolute Gasteiger partial charge is 0.223 e. The van der Waals surface area contributed by atoms with E-state index in [0.717, 1.165) is 18.0 Å². The quantitative estimate of drug-likeness (QED) is 0.805. The molecule has 1 fully saturated rings. The maximum atomic E-state index is 11.7. The Kier molecular flexibility index (Phi) is 3.82. The third-order valence-corrected chi connectivity index (χ3v) is 3.72. The van der Waals surface area contributed by atoms with Gasteiger partial charge in [-0.15, -0.1) is 11.3 Å². The van der Waals surface area contributed by atoms with Gasteiger partial charge in [-0.05, 0) is 18.1 Å². The van der Waals surface area contributed by atoms with E-state index in [4.69, 9.17) is 5.73 Å². The van der Waals surface area contributed by atoms with Crippen LogP contribution in [0.4, 0.5) is 0 Å². The molecule has 2 N–H and O–H groups in total. The zero-order valence-corrected chi connectivity index (χ0v) is 10.7. The van der Waals surface area contributed by atoms with Gasteiger partial charge in [0.25, 0.3) is 0 Å². The summed E-state index contributed by atoms with van der Waals surface area (Å²) in [6.45, 7) is 4.10. The van der Waals surface area contributed by atoms with Gasteiger partial charge in [-0.3, -0.25) is 4.79 Å². The lowest BCUT2D eigenvalue weighted by molar-refractivity contribution is -0.128. The second-order valence-electron chi connectivity index (χ2n) is 4.36. The Morgan fingerprint density at radius 2 is 2.41 bits per heavy atom. The number of nitrogens with two attached hydrogens (primary N) is 1. The Morgan fingerprint density at radius 3 is 3.06 bits per heavy atom. The number of amides is 1. The first-order valence-corrected chi connectivity index (χ1v) is 6.56. The van der Waals surface area contributed by atoms with Gasteiger partial charge < -0.3 is 10.6 Å². The fourth-order valence-electron chi connectivity index (χ4n) is 1.98. The van der Waals surface area contributed by atoms with Crippen LogP contribution in [0, 0.1) is 17.8 Å². The molecule has 1 aromatic heterocycles. The van der Waals surface area contributed by atoms with Crippen LogP contribution < -0.4 is 5.73 Å². The van der Waals surface area contributed by atoms with Gasteiger partial charge >= 0.3 is 0 Å². The summed E-state index contributed by atoms with van der Waals surface area (Å²) < 4.78 is 0. The molecule has 17 heavy (non-hydrogen) atoms. The van der Waals surface area contributed by atoms with Crippen molar-refractivity contribution in [2.75, 3.05) is 13.1 Å². The molecule has 0 aromatic carbocycles. The second kappa shape index (κ2) is 5.35. The van der Waals surface area contributed by atoms with Crippen molar-refractivity contribution in [2.24, 2.45) is 11.7 Å². The standard InChI is InChI=1S/C13H16N2OS/c1-10-7-13(16)15(8-10)9-12-5-4-11(17-12)3-2-6-14/h4-5,10H,6-9,14H2,1H3.